The van der Waals surface area contributed by atoms with Crippen LogP contribution in [0.2, 0.25) is 0 Å². The van der Waals surface area contributed by atoms with Gasteiger partial charge in [-0.15, -0.1) is 12.4 Å². The predicted molar refractivity (Wildman–Crippen MR) is 44.9 cm³/mol. The van der Waals surface area contributed by atoms with Crippen molar-refractivity contribution in [2.24, 2.45) is 0 Å². The first-order valence-corrected chi connectivity index (χ1v) is 3.77. The lowest BCUT2D eigenvalue weighted by Gasteiger charge is -2.29. The Hall–Kier alpha value is 0.140. The summed E-state index contributed by atoms with van der Waals surface area (Å²) in [6.07, 6.45) is 1.40. The molecule has 0 aromatic rings. The Balaban J connectivity index is 0.000001000. The Morgan fingerprint density at radius 3 is 2.36 bits per heavy atom. The Kier molecular flexibility index (Phi) is 4.97. The standard InChI is InChI=1S/C7H14FNO.ClH/c8-7(3-6-10)1-4-9-5-2-7;/h9-10H,1-6H2;1H. The average molecular weight is 184 g/mol. The van der Waals surface area contributed by atoms with Crippen LogP contribution in [0.25, 0.3) is 0 Å². The van der Waals surface area contributed by atoms with Crippen molar-refractivity contribution in [3.63, 3.8) is 0 Å². The molecule has 2 N–H and O–H groups in total. The molecule has 0 aromatic heterocycles. The Morgan fingerprint density at radius 1 is 1.36 bits per heavy atom. The van der Waals surface area contributed by atoms with Crippen LogP contribution < -0.4 is 5.32 Å². The number of nitrogens with one attached hydrogen (secondary N) is 1. The van der Waals surface area contributed by atoms with E-state index in [9.17, 15) is 4.39 Å². The quantitative estimate of drug-likeness (QED) is 0.667. The number of piperidine rings is 1. The Bertz CT molecular complexity index is 101. The van der Waals surface area contributed by atoms with Gasteiger partial charge in [-0.05, 0) is 25.9 Å². The molecule has 1 saturated heterocycles. The minimum Gasteiger partial charge on any atom is -0.396 e. The molecule has 0 saturated carbocycles. The molecule has 0 aromatic carbocycles. The van der Waals surface area contributed by atoms with Crippen LogP contribution in [-0.2, 0) is 0 Å². The molecule has 1 aliphatic rings. The van der Waals surface area contributed by atoms with Gasteiger partial charge in [0.15, 0.2) is 0 Å². The third kappa shape index (κ3) is 3.36. The van der Waals surface area contributed by atoms with E-state index in [1.165, 1.54) is 0 Å². The third-order valence-electron chi connectivity index (χ3n) is 2.06. The summed E-state index contributed by atoms with van der Waals surface area (Å²) in [5.74, 6) is 0. The highest BCUT2D eigenvalue weighted by Gasteiger charge is 2.30. The van der Waals surface area contributed by atoms with Crippen LogP contribution in [0.4, 0.5) is 4.39 Å². The van der Waals surface area contributed by atoms with Crippen molar-refractivity contribution >= 4 is 12.4 Å². The first-order chi connectivity index (χ1) is 4.77. The largest absolute Gasteiger partial charge is 0.396 e. The summed E-state index contributed by atoms with van der Waals surface area (Å²) in [4.78, 5) is 0. The van der Waals surface area contributed by atoms with E-state index in [1.807, 2.05) is 0 Å². The zero-order valence-corrected chi connectivity index (χ0v) is 7.29. The van der Waals surface area contributed by atoms with E-state index in [0.717, 1.165) is 13.1 Å². The second-order valence-corrected chi connectivity index (χ2v) is 2.87. The second kappa shape index (κ2) is 4.91. The molecule has 0 bridgehead atoms. The van der Waals surface area contributed by atoms with Crippen LogP contribution in [0.1, 0.15) is 19.3 Å². The lowest BCUT2D eigenvalue weighted by atomic mass is 9.91. The fraction of sp³-hybridized carbons (Fsp3) is 1.00. The van der Waals surface area contributed by atoms with Crippen LogP contribution in [-0.4, -0.2) is 30.5 Å². The minimum atomic E-state index is -1.08. The highest BCUT2D eigenvalue weighted by Crippen LogP contribution is 2.26. The number of aliphatic hydroxyl groups is 1. The molecular weight excluding hydrogens is 169 g/mol. The SMILES string of the molecule is Cl.OCCC1(F)CCNCC1. The van der Waals surface area contributed by atoms with Crippen LogP contribution in [0, 0.1) is 0 Å². The van der Waals surface area contributed by atoms with Crippen LogP contribution >= 0.6 is 12.4 Å². The zero-order valence-electron chi connectivity index (χ0n) is 6.48. The molecular formula is C7H15ClFNO. The highest BCUT2D eigenvalue weighted by molar-refractivity contribution is 5.85. The van der Waals surface area contributed by atoms with Gasteiger partial charge >= 0.3 is 0 Å². The average Bonchev–Trinajstić information content (AvgIpc) is 1.89. The van der Waals surface area contributed by atoms with Gasteiger partial charge in [-0.25, -0.2) is 4.39 Å². The van der Waals surface area contributed by atoms with Crippen LogP contribution in [0.5, 0.6) is 0 Å². The van der Waals surface area contributed by atoms with Gasteiger partial charge < -0.3 is 10.4 Å². The molecule has 0 spiro atoms. The van der Waals surface area contributed by atoms with Crippen molar-refractivity contribution in [1.82, 2.24) is 5.32 Å². The molecule has 0 unspecified atom stereocenters. The molecule has 1 heterocycles. The topological polar surface area (TPSA) is 32.3 Å². The summed E-state index contributed by atoms with van der Waals surface area (Å²) in [6, 6.07) is 0. The fourth-order valence-corrected chi connectivity index (χ4v) is 1.33. The van der Waals surface area contributed by atoms with E-state index >= 15 is 0 Å². The van der Waals surface area contributed by atoms with Crippen LogP contribution in [0.3, 0.4) is 0 Å². The van der Waals surface area contributed by atoms with Crippen LogP contribution in [0.15, 0.2) is 0 Å². The maximum Gasteiger partial charge on any atom is 0.115 e. The summed E-state index contributed by atoms with van der Waals surface area (Å²) >= 11 is 0. The lowest BCUT2D eigenvalue weighted by molar-refractivity contribution is 0.0797. The van der Waals surface area contributed by atoms with Crippen molar-refractivity contribution in [2.45, 2.75) is 24.9 Å². The number of aliphatic hydroxyl groups excluding tert-OH is 1. The first-order valence-electron chi connectivity index (χ1n) is 3.77. The van der Waals surface area contributed by atoms with E-state index < -0.39 is 5.67 Å². The van der Waals surface area contributed by atoms with Gasteiger partial charge in [-0.3, -0.25) is 0 Å². The number of hydrogen-bond donors (Lipinski definition) is 2. The fourth-order valence-electron chi connectivity index (χ4n) is 1.33. The molecule has 4 heteroatoms. The molecule has 11 heavy (non-hydrogen) atoms. The van der Waals surface area contributed by atoms with E-state index in [0.29, 0.717) is 19.3 Å². The van der Waals surface area contributed by atoms with Gasteiger partial charge in [0.1, 0.15) is 5.67 Å². The van der Waals surface area contributed by atoms with E-state index in [2.05, 4.69) is 5.32 Å². The number of halogens is 2. The molecule has 0 radical (unpaired) electrons. The summed E-state index contributed by atoms with van der Waals surface area (Å²) in [5, 5.41) is 11.6. The molecule has 1 rings (SSSR count). The number of alkyl halides is 1. The third-order valence-corrected chi connectivity index (χ3v) is 2.06. The Labute approximate surface area is 72.6 Å². The van der Waals surface area contributed by atoms with Gasteiger partial charge in [0.25, 0.3) is 0 Å². The Morgan fingerprint density at radius 2 is 1.91 bits per heavy atom. The predicted octanol–water partition coefficient (Wildman–Crippen LogP) is 0.882. The summed E-state index contributed by atoms with van der Waals surface area (Å²) in [6.45, 7) is 1.46. The van der Waals surface area contributed by atoms with E-state index in [1.54, 1.807) is 0 Å². The van der Waals surface area contributed by atoms with E-state index in [4.69, 9.17) is 5.11 Å². The minimum absolute atomic E-state index is 0. The monoisotopic (exact) mass is 183 g/mol. The molecule has 1 aliphatic heterocycles. The molecule has 68 valence electrons. The van der Waals surface area contributed by atoms with Gasteiger partial charge in [-0.1, -0.05) is 0 Å². The van der Waals surface area contributed by atoms with Gasteiger partial charge in [0, 0.05) is 13.0 Å². The molecule has 0 amide bonds. The van der Waals surface area contributed by atoms with Gasteiger partial charge in [0.05, 0.1) is 0 Å². The van der Waals surface area contributed by atoms with Gasteiger partial charge in [0.2, 0.25) is 0 Å². The molecule has 2 nitrogen and oxygen atoms in total. The second-order valence-electron chi connectivity index (χ2n) is 2.87. The summed E-state index contributed by atoms with van der Waals surface area (Å²) < 4.78 is 13.4. The molecule has 1 fully saturated rings. The lowest BCUT2D eigenvalue weighted by Crippen LogP contribution is -2.39. The summed E-state index contributed by atoms with van der Waals surface area (Å²) in [5.41, 5.74) is -1.08. The first kappa shape index (κ1) is 11.1. The summed E-state index contributed by atoms with van der Waals surface area (Å²) in [7, 11) is 0. The van der Waals surface area contributed by atoms with Crippen molar-refractivity contribution in [1.29, 1.82) is 0 Å². The van der Waals surface area contributed by atoms with E-state index in [-0.39, 0.29) is 19.0 Å². The van der Waals surface area contributed by atoms with Crippen molar-refractivity contribution in [2.75, 3.05) is 19.7 Å². The molecule has 0 atom stereocenters. The number of rotatable bonds is 2. The van der Waals surface area contributed by atoms with Gasteiger partial charge in [-0.2, -0.15) is 0 Å². The normalized spacial score (nSPS) is 22.4. The van der Waals surface area contributed by atoms with Crippen molar-refractivity contribution in [3.8, 4) is 0 Å². The molecule has 0 aliphatic carbocycles. The highest BCUT2D eigenvalue weighted by atomic mass is 35.5. The van der Waals surface area contributed by atoms with Crippen molar-refractivity contribution in [3.05, 3.63) is 0 Å². The smallest absolute Gasteiger partial charge is 0.115 e. The maximum absolute atomic E-state index is 13.4. The van der Waals surface area contributed by atoms with Crippen molar-refractivity contribution < 1.29 is 9.50 Å². The number of hydrogen-bond acceptors (Lipinski definition) is 2. The zero-order chi connectivity index (χ0) is 7.45. The maximum atomic E-state index is 13.4.